The fourth-order valence-corrected chi connectivity index (χ4v) is 2.55. The van der Waals surface area contributed by atoms with Gasteiger partial charge in [0.1, 0.15) is 13.2 Å². The van der Waals surface area contributed by atoms with Gasteiger partial charge in [-0.3, -0.25) is 0 Å². The maximum Gasteiger partial charge on any atom is 0.161 e. The van der Waals surface area contributed by atoms with Crippen molar-refractivity contribution in [3.63, 3.8) is 0 Å². The van der Waals surface area contributed by atoms with E-state index in [1.165, 1.54) is 18.4 Å². The molecule has 21 heavy (non-hydrogen) atoms. The van der Waals surface area contributed by atoms with Crippen LogP contribution in [0.5, 0.6) is 11.5 Å². The van der Waals surface area contributed by atoms with Crippen LogP contribution in [0.15, 0.2) is 18.2 Å². The third kappa shape index (κ3) is 5.24. The third-order valence-corrected chi connectivity index (χ3v) is 4.05. The second-order valence-corrected chi connectivity index (χ2v) is 7.00. The van der Waals surface area contributed by atoms with Crippen molar-refractivity contribution in [2.24, 2.45) is 5.41 Å². The van der Waals surface area contributed by atoms with Gasteiger partial charge in [-0.1, -0.05) is 33.8 Å². The second-order valence-electron chi connectivity index (χ2n) is 7.00. The molecule has 0 fully saturated rings. The highest BCUT2D eigenvalue weighted by Gasteiger charge is 2.18. The van der Waals surface area contributed by atoms with Crippen molar-refractivity contribution in [2.45, 2.75) is 53.0 Å². The molecular formula is C18H29NO2. The minimum absolute atomic E-state index is 0.356. The lowest BCUT2D eigenvalue weighted by Gasteiger charge is -2.26. The molecular weight excluding hydrogens is 262 g/mol. The molecule has 0 aromatic heterocycles. The number of fused-ring (bicyclic) bond motifs is 1. The first-order chi connectivity index (χ1) is 9.96. The zero-order chi connectivity index (χ0) is 15.3. The highest BCUT2D eigenvalue weighted by molar-refractivity contribution is 5.43. The molecule has 1 aliphatic heterocycles. The van der Waals surface area contributed by atoms with Crippen molar-refractivity contribution in [3.8, 4) is 11.5 Å². The molecule has 0 amide bonds. The van der Waals surface area contributed by atoms with E-state index in [2.05, 4.69) is 45.1 Å². The minimum Gasteiger partial charge on any atom is -0.486 e. The van der Waals surface area contributed by atoms with Crippen LogP contribution in [0.2, 0.25) is 0 Å². The Hall–Kier alpha value is -1.22. The molecule has 0 aliphatic carbocycles. The summed E-state index contributed by atoms with van der Waals surface area (Å²) in [7, 11) is 0. The van der Waals surface area contributed by atoms with Crippen LogP contribution in [0, 0.1) is 5.41 Å². The van der Waals surface area contributed by atoms with E-state index in [1.54, 1.807) is 0 Å². The Bertz CT molecular complexity index is 455. The number of rotatable bonds is 7. The predicted octanol–water partition coefficient (Wildman–Crippen LogP) is 3.80. The van der Waals surface area contributed by atoms with Crippen LogP contribution in [-0.2, 0) is 6.42 Å². The van der Waals surface area contributed by atoms with Gasteiger partial charge in [-0.05, 0) is 48.9 Å². The van der Waals surface area contributed by atoms with Gasteiger partial charge in [-0.2, -0.15) is 0 Å². The van der Waals surface area contributed by atoms with E-state index in [-0.39, 0.29) is 0 Å². The van der Waals surface area contributed by atoms with E-state index in [1.807, 2.05) is 6.07 Å². The third-order valence-electron chi connectivity index (χ3n) is 4.05. The summed E-state index contributed by atoms with van der Waals surface area (Å²) in [5.41, 5.74) is 1.69. The van der Waals surface area contributed by atoms with Crippen molar-refractivity contribution in [1.82, 2.24) is 5.32 Å². The van der Waals surface area contributed by atoms with Crippen molar-refractivity contribution in [3.05, 3.63) is 23.8 Å². The molecule has 0 spiro atoms. The van der Waals surface area contributed by atoms with Crippen molar-refractivity contribution in [2.75, 3.05) is 19.8 Å². The number of benzene rings is 1. The Labute approximate surface area is 129 Å². The van der Waals surface area contributed by atoms with Gasteiger partial charge < -0.3 is 14.8 Å². The molecule has 1 aromatic carbocycles. The molecule has 0 atom stereocenters. The first kappa shape index (κ1) is 16.2. The van der Waals surface area contributed by atoms with Gasteiger partial charge in [0.05, 0.1) is 0 Å². The molecule has 3 heteroatoms. The average molecular weight is 291 g/mol. The zero-order valence-corrected chi connectivity index (χ0v) is 13.9. The molecule has 1 aliphatic rings. The molecule has 0 saturated heterocycles. The zero-order valence-electron chi connectivity index (χ0n) is 13.9. The predicted molar refractivity (Wildman–Crippen MR) is 87.3 cm³/mol. The van der Waals surface area contributed by atoms with E-state index in [0.717, 1.165) is 24.5 Å². The Morgan fingerprint density at radius 1 is 1.10 bits per heavy atom. The van der Waals surface area contributed by atoms with E-state index >= 15 is 0 Å². The van der Waals surface area contributed by atoms with Crippen molar-refractivity contribution < 1.29 is 9.47 Å². The van der Waals surface area contributed by atoms with E-state index < -0.39 is 0 Å². The maximum atomic E-state index is 5.65. The van der Waals surface area contributed by atoms with Crippen LogP contribution >= 0.6 is 0 Å². The average Bonchev–Trinajstić information content (AvgIpc) is 2.44. The molecule has 0 bridgehead atoms. The Morgan fingerprint density at radius 2 is 1.81 bits per heavy atom. The first-order valence-electron chi connectivity index (χ1n) is 8.08. The van der Waals surface area contributed by atoms with Crippen LogP contribution in [0.3, 0.4) is 0 Å². The van der Waals surface area contributed by atoms with Gasteiger partial charge in [0.2, 0.25) is 0 Å². The summed E-state index contributed by atoms with van der Waals surface area (Å²) in [6.45, 7) is 11.5. The lowest BCUT2D eigenvalue weighted by atomic mass is 9.83. The highest BCUT2D eigenvalue weighted by Crippen LogP contribution is 2.33. The number of hydrogen-bond acceptors (Lipinski definition) is 3. The maximum absolute atomic E-state index is 5.65. The molecule has 1 heterocycles. The van der Waals surface area contributed by atoms with E-state index in [9.17, 15) is 0 Å². The molecule has 1 aromatic rings. The molecule has 0 radical (unpaired) electrons. The van der Waals surface area contributed by atoms with E-state index in [0.29, 0.717) is 24.7 Å². The smallest absolute Gasteiger partial charge is 0.161 e. The summed E-state index contributed by atoms with van der Waals surface area (Å²) in [6, 6.07) is 6.91. The van der Waals surface area contributed by atoms with Crippen LogP contribution in [0.25, 0.3) is 0 Å². The summed E-state index contributed by atoms with van der Waals surface area (Å²) in [5.74, 6) is 1.78. The Morgan fingerprint density at radius 3 is 2.52 bits per heavy atom. The topological polar surface area (TPSA) is 30.5 Å². The van der Waals surface area contributed by atoms with Gasteiger partial charge >= 0.3 is 0 Å². The summed E-state index contributed by atoms with van der Waals surface area (Å²) in [5, 5.41) is 3.50. The lowest BCUT2D eigenvalue weighted by molar-refractivity contribution is 0.171. The Balaban J connectivity index is 1.84. The number of hydrogen-bond donors (Lipinski definition) is 1. The SMILES string of the molecule is CC(C)NCCC(C)(C)CCc1ccc2c(c1)OCCO2. The summed E-state index contributed by atoms with van der Waals surface area (Å²) in [6.07, 6.45) is 3.48. The van der Waals surface area contributed by atoms with Crippen molar-refractivity contribution in [1.29, 1.82) is 0 Å². The van der Waals surface area contributed by atoms with Gasteiger partial charge in [-0.25, -0.2) is 0 Å². The quantitative estimate of drug-likeness (QED) is 0.829. The highest BCUT2D eigenvalue weighted by atomic mass is 16.6. The van der Waals surface area contributed by atoms with Gasteiger partial charge in [-0.15, -0.1) is 0 Å². The largest absolute Gasteiger partial charge is 0.486 e. The van der Waals surface area contributed by atoms with Gasteiger partial charge in [0, 0.05) is 6.04 Å². The molecule has 118 valence electrons. The summed E-state index contributed by atoms with van der Waals surface area (Å²) in [4.78, 5) is 0. The fraction of sp³-hybridized carbons (Fsp3) is 0.667. The standard InChI is InChI=1S/C18H29NO2/c1-14(2)19-10-9-18(3,4)8-7-15-5-6-16-17(13-15)21-12-11-20-16/h5-6,13-14,19H,7-12H2,1-4H3. The van der Waals surface area contributed by atoms with Gasteiger partial charge in [0.15, 0.2) is 11.5 Å². The Kier molecular flexibility index (Phi) is 5.51. The normalized spacial score (nSPS) is 14.5. The van der Waals surface area contributed by atoms with Crippen LogP contribution < -0.4 is 14.8 Å². The monoisotopic (exact) mass is 291 g/mol. The molecule has 3 nitrogen and oxygen atoms in total. The molecule has 0 unspecified atom stereocenters. The number of nitrogens with one attached hydrogen (secondary N) is 1. The van der Waals surface area contributed by atoms with Gasteiger partial charge in [0.25, 0.3) is 0 Å². The molecule has 1 N–H and O–H groups in total. The minimum atomic E-state index is 0.356. The summed E-state index contributed by atoms with van der Waals surface area (Å²) < 4.78 is 11.2. The fourth-order valence-electron chi connectivity index (χ4n) is 2.55. The van der Waals surface area contributed by atoms with Crippen LogP contribution in [0.1, 0.15) is 46.1 Å². The number of ether oxygens (including phenoxy) is 2. The van der Waals surface area contributed by atoms with Crippen LogP contribution in [0.4, 0.5) is 0 Å². The van der Waals surface area contributed by atoms with Crippen LogP contribution in [-0.4, -0.2) is 25.8 Å². The first-order valence-corrected chi connectivity index (χ1v) is 8.08. The van der Waals surface area contributed by atoms with Crippen molar-refractivity contribution >= 4 is 0 Å². The molecule has 2 rings (SSSR count). The summed E-state index contributed by atoms with van der Waals surface area (Å²) >= 11 is 0. The van der Waals surface area contributed by atoms with E-state index in [4.69, 9.17) is 9.47 Å². The lowest BCUT2D eigenvalue weighted by Crippen LogP contribution is -2.28. The number of aryl methyl sites for hydroxylation is 1. The molecule has 0 saturated carbocycles. The second kappa shape index (κ2) is 7.17.